The van der Waals surface area contributed by atoms with Gasteiger partial charge in [0.1, 0.15) is 11.9 Å². The van der Waals surface area contributed by atoms with E-state index in [-0.39, 0.29) is 41.4 Å². The summed E-state index contributed by atoms with van der Waals surface area (Å²) in [5.41, 5.74) is 0.934. The third kappa shape index (κ3) is 6.40. The molecule has 0 spiro atoms. The Hall–Kier alpha value is -3.22. The van der Waals surface area contributed by atoms with E-state index < -0.39 is 6.04 Å². The van der Waals surface area contributed by atoms with Crippen LogP contribution in [0.25, 0.3) is 0 Å². The fraction of sp³-hybridized carbons (Fsp3) is 0.423. The molecule has 0 unspecified atom stereocenters. The standard InChI is InChI=1S/C26H32FN3O3/c1-17(2)18(3)28-25(32)23(29-24(31)20-7-5-4-6-8-20)19-13-15-30(16-14-19)26(33)21-9-11-22(27)12-10-21/h4-12,17-19,23H,13-16H2,1-3H3,(H,28,32)(H,29,31)/t18-,23+/m0/s1. The molecule has 3 amide bonds. The summed E-state index contributed by atoms with van der Waals surface area (Å²) in [5, 5.41) is 5.96. The summed E-state index contributed by atoms with van der Waals surface area (Å²) >= 11 is 0. The smallest absolute Gasteiger partial charge is 0.253 e. The van der Waals surface area contributed by atoms with Crippen LogP contribution in [-0.4, -0.2) is 47.8 Å². The molecule has 1 heterocycles. The Labute approximate surface area is 194 Å². The lowest BCUT2D eigenvalue weighted by atomic mass is 9.87. The highest BCUT2D eigenvalue weighted by Gasteiger charge is 2.34. The van der Waals surface area contributed by atoms with Crippen molar-refractivity contribution in [2.24, 2.45) is 11.8 Å². The molecule has 0 saturated carbocycles. The average Bonchev–Trinajstić information content (AvgIpc) is 2.83. The average molecular weight is 454 g/mol. The lowest BCUT2D eigenvalue weighted by Gasteiger charge is -2.36. The number of carbonyl (C=O) groups is 3. The number of nitrogens with zero attached hydrogens (tertiary/aromatic N) is 1. The van der Waals surface area contributed by atoms with Gasteiger partial charge in [-0.1, -0.05) is 32.0 Å². The summed E-state index contributed by atoms with van der Waals surface area (Å²) in [5.74, 6) is -0.884. The summed E-state index contributed by atoms with van der Waals surface area (Å²) in [4.78, 5) is 40.4. The number of benzene rings is 2. The number of amides is 3. The van der Waals surface area contributed by atoms with Gasteiger partial charge in [0, 0.05) is 30.3 Å². The van der Waals surface area contributed by atoms with Crippen molar-refractivity contribution < 1.29 is 18.8 Å². The van der Waals surface area contributed by atoms with Crippen molar-refractivity contribution >= 4 is 17.7 Å². The maximum atomic E-state index is 13.2. The van der Waals surface area contributed by atoms with Crippen LogP contribution in [0, 0.1) is 17.7 Å². The predicted molar refractivity (Wildman–Crippen MR) is 125 cm³/mol. The van der Waals surface area contributed by atoms with Crippen molar-refractivity contribution in [3.8, 4) is 0 Å². The molecule has 0 aliphatic carbocycles. The van der Waals surface area contributed by atoms with Gasteiger partial charge in [-0.05, 0) is 68.0 Å². The van der Waals surface area contributed by atoms with Crippen molar-refractivity contribution in [2.45, 2.75) is 45.7 Å². The molecule has 6 nitrogen and oxygen atoms in total. The van der Waals surface area contributed by atoms with Crippen LogP contribution in [0.1, 0.15) is 54.3 Å². The number of rotatable bonds is 7. The fourth-order valence-corrected chi connectivity index (χ4v) is 3.90. The second-order valence-corrected chi connectivity index (χ2v) is 8.99. The molecule has 2 atom stereocenters. The molecule has 0 aromatic heterocycles. The SMILES string of the molecule is CC(C)[C@H](C)NC(=O)[C@H](NC(=O)c1ccccc1)C1CCN(C(=O)c2ccc(F)cc2)CC1. The van der Waals surface area contributed by atoms with E-state index in [9.17, 15) is 18.8 Å². The van der Waals surface area contributed by atoms with Gasteiger partial charge >= 0.3 is 0 Å². The normalized spacial score (nSPS) is 16.2. The number of piperidine rings is 1. The molecule has 2 aromatic carbocycles. The molecule has 33 heavy (non-hydrogen) atoms. The lowest BCUT2D eigenvalue weighted by Crippen LogP contribution is -2.55. The quantitative estimate of drug-likeness (QED) is 0.672. The molecule has 3 rings (SSSR count). The van der Waals surface area contributed by atoms with Gasteiger partial charge < -0.3 is 15.5 Å². The summed E-state index contributed by atoms with van der Waals surface area (Å²) < 4.78 is 13.2. The Balaban J connectivity index is 1.69. The van der Waals surface area contributed by atoms with Gasteiger partial charge in [-0.3, -0.25) is 14.4 Å². The highest BCUT2D eigenvalue weighted by atomic mass is 19.1. The first kappa shape index (κ1) is 24.4. The number of carbonyl (C=O) groups excluding carboxylic acids is 3. The Kier molecular flexibility index (Phi) is 8.20. The van der Waals surface area contributed by atoms with Gasteiger partial charge in [-0.2, -0.15) is 0 Å². The van der Waals surface area contributed by atoms with E-state index in [2.05, 4.69) is 10.6 Å². The molecular weight excluding hydrogens is 421 g/mol. The van der Waals surface area contributed by atoms with E-state index >= 15 is 0 Å². The molecule has 7 heteroatoms. The molecule has 2 N–H and O–H groups in total. The van der Waals surface area contributed by atoms with E-state index in [1.54, 1.807) is 29.2 Å². The van der Waals surface area contributed by atoms with Crippen LogP contribution in [0.3, 0.4) is 0 Å². The van der Waals surface area contributed by atoms with Gasteiger partial charge in [0.25, 0.3) is 11.8 Å². The Morgan fingerprint density at radius 1 is 0.879 bits per heavy atom. The minimum atomic E-state index is -0.693. The largest absolute Gasteiger partial charge is 0.352 e. The molecule has 1 saturated heterocycles. The molecule has 2 aromatic rings. The monoisotopic (exact) mass is 453 g/mol. The highest BCUT2D eigenvalue weighted by Crippen LogP contribution is 2.23. The Morgan fingerprint density at radius 3 is 2.06 bits per heavy atom. The van der Waals surface area contributed by atoms with Crippen LogP contribution in [0.5, 0.6) is 0 Å². The Bertz CT molecular complexity index is 955. The van der Waals surface area contributed by atoms with E-state index in [0.717, 1.165) is 0 Å². The van der Waals surface area contributed by atoms with Crippen LogP contribution < -0.4 is 10.6 Å². The highest BCUT2D eigenvalue weighted by molar-refractivity contribution is 5.97. The van der Waals surface area contributed by atoms with Crippen LogP contribution in [0.4, 0.5) is 4.39 Å². The van der Waals surface area contributed by atoms with Crippen LogP contribution in [0.15, 0.2) is 54.6 Å². The number of nitrogens with one attached hydrogen (secondary N) is 2. The third-order valence-corrected chi connectivity index (χ3v) is 6.36. The van der Waals surface area contributed by atoms with Crippen LogP contribution in [-0.2, 0) is 4.79 Å². The van der Waals surface area contributed by atoms with Crippen molar-refractivity contribution in [1.29, 1.82) is 0 Å². The van der Waals surface area contributed by atoms with Gasteiger partial charge in [-0.25, -0.2) is 4.39 Å². The first-order chi connectivity index (χ1) is 15.8. The molecule has 1 aliphatic heterocycles. The summed E-state index contributed by atoms with van der Waals surface area (Å²) in [7, 11) is 0. The number of likely N-dealkylation sites (tertiary alicyclic amines) is 1. The van der Waals surface area contributed by atoms with Crippen LogP contribution >= 0.6 is 0 Å². The van der Waals surface area contributed by atoms with Gasteiger partial charge in [-0.15, -0.1) is 0 Å². The van der Waals surface area contributed by atoms with Crippen molar-refractivity contribution in [3.63, 3.8) is 0 Å². The summed E-state index contributed by atoms with van der Waals surface area (Å²) in [6.45, 7) is 6.93. The zero-order valence-corrected chi connectivity index (χ0v) is 19.4. The maximum Gasteiger partial charge on any atom is 0.253 e. The topological polar surface area (TPSA) is 78.5 Å². The molecule has 1 aliphatic rings. The number of hydrogen-bond acceptors (Lipinski definition) is 3. The van der Waals surface area contributed by atoms with Crippen LogP contribution in [0.2, 0.25) is 0 Å². The van der Waals surface area contributed by atoms with Crippen molar-refractivity contribution in [3.05, 3.63) is 71.5 Å². The van der Waals surface area contributed by atoms with E-state index in [4.69, 9.17) is 0 Å². The minimum absolute atomic E-state index is 0.0335. The first-order valence-electron chi connectivity index (χ1n) is 11.5. The maximum absolute atomic E-state index is 13.2. The van der Waals surface area contributed by atoms with Crippen molar-refractivity contribution in [2.75, 3.05) is 13.1 Å². The zero-order chi connectivity index (χ0) is 24.0. The van der Waals surface area contributed by atoms with Gasteiger partial charge in [0.05, 0.1) is 0 Å². The molecule has 0 bridgehead atoms. The van der Waals surface area contributed by atoms with Crippen molar-refractivity contribution in [1.82, 2.24) is 15.5 Å². The van der Waals surface area contributed by atoms with Gasteiger partial charge in [0.2, 0.25) is 5.91 Å². The summed E-state index contributed by atoms with van der Waals surface area (Å²) in [6.07, 6.45) is 1.16. The minimum Gasteiger partial charge on any atom is -0.352 e. The lowest BCUT2D eigenvalue weighted by molar-refractivity contribution is -0.125. The second-order valence-electron chi connectivity index (χ2n) is 8.99. The second kappa shape index (κ2) is 11.1. The summed E-state index contributed by atoms with van der Waals surface area (Å²) in [6, 6.07) is 13.6. The molecule has 1 fully saturated rings. The number of hydrogen-bond donors (Lipinski definition) is 2. The molecule has 176 valence electrons. The molecular formula is C26H32FN3O3. The molecule has 0 radical (unpaired) electrons. The van der Waals surface area contributed by atoms with E-state index in [1.807, 2.05) is 26.8 Å². The predicted octanol–water partition coefficient (Wildman–Crippen LogP) is 3.64. The first-order valence-corrected chi connectivity index (χ1v) is 11.5. The zero-order valence-electron chi connectivity index (χ0n) is 19.4. The van der Waals surface area contributed by atoms with Gasteiger partial charge in [0.15, 0.2) is 0 Å². The third-order valence-electron chi connectivity index (χ3n) is 6.36. The van der Waals surface area contributed by atoms with E-state index in [0.29, 0.717) is 37.1 Å². The number of halogens is 1. The Morgan fingerprint density at radius 2 is 1.48 bits per heavy atom. The fourth-order valence-electron chi connectivity index (χ4n) is 3.90. The van der Waals surface area contributed by atoms with E-state index in [1.165, 1.54) is 24.3 Å².